The van der Waals surface area contributed by atoms with Crippen molar-refractivity contribution in [3.8, 4) is 12.3 Å². The molecule has 0 aromatic heterocycles. The summed E-state index contributed by atoms with van der Waals surface area (Å²) in [6.45, 7) is 5.12. The summed E-state index contributed by atoms with van der Waals surface area (Å²) in [5, 5.41) is 3.27. The molecule has 0 saturated carbocycles. The van der Waals surface area contributed by atoms with Gasteiger partial charge in [0.2, 0.25) is 0 Å². The molecular formula is C13H17NS. The molecule has 0 saturated heterocycles. The number of hydrogen-bond acceptors (Lipinski definition) is 2. The summed E-state index contributed by atoms with van der Waals surface area (Å²) < 4.78 is 0. The van der Waals surface area contributed by atoms with Gasteiger partial charge in [-0.1, -0.05) is 31.0 Å². The fraction of sp³-hybridized carbons (Fsp3) is 0.385. The average Bonchev–Trinajstić information content (AvgIpc) is 2.26. The van der Waals surface area contributed by atoms with Crippen molar-refractivity contribution < 1.29 is 0 Å². The van der Waals surface area contributed by atoms with Gasteiger partial charge in [0, 0.05) is 10.6 Å². The molecule has 15 heavy (non-hydrogen) atoms. The van der Waals surface area contributed by atoms with E-state index in [2.05, 4.69) is 49.4 Å². The molecule has 0 heterocycles. The number of hydrogen-bond donors (Lipinski definition) is 1. The van der Waals surface area contributed by atoms with E-state index in [9.17, 15) is 0 Å². The lowest BCUT2D eigenvalue weighted by Crippen LogP contribution is -2.29. The molecule has 1 nitrogen and oxygen atoms in total. The summed E-state index contributed by atoms with van der Waals surface area (Å²) in [4.78, 5) is 1.32. The van der Waals surface area contributed by atoms with Gasteiger partial charge in [-0.25, -0.2) is 0 Å². The Hall–Kier alpha value is -0.910. The van der Waals surface area contributed by atoms with E-state index in [1.54, 1.807) is 0 Å². The molecule has 0 aliphatic heterocycles. The minimum absolute atomic E-state index is 0.166. The molecule has 0 aliphatic rings. The Morgan fingerprint density at radius 1 is 1.47 bits per heavy atom. The van der Waals surface area contributed by atoms with Crippen molar-refractivity contribution >= 4 is 11.8 Å². The second-order valence-electron chi connectivity index (χ2n) is 3.35. The normalized spacial score (nSPS) is 12.1. The van der Waals surface area contributed by atoms with E-state index >= 15 is 0 Å². The van der Waals surface area contributed by atoms with Crippen molar-refractivity contribution in [2.24, 2.45) is 0 Å². The van der Waals surface area contributed by atoms with E-state index in [1.165, 1.54) is 10.5 Å². The molecule has 0 aliphatic carbocycles. The molecule has 1 atom stereocenters. The fourth-order valence-electron chi connectivity index (χ4n) is 1.30. The van der Waals surface area contributed by atoms with E-state index in [0.29, 0.717) is 0 Å². The van der Waals surface area contributed by atoms with E-state index < -0.39 is 0 Å². The molecule has 1 aromatic rings. The van der Waals surface area contributed by atoms with Crippen LogP contribution in [0.25, 0.3) is 0 Å². The highest BCUT2D eigenvalue weighted by atomic mass is 32.2. The summed E-state index contributed by atoms with van der Waals surface area (Å²) in [7, 11) is 0. The van der Waals surface area contributed by atoms with Crippen LogP contribution in [-0.4, -0.2) is 18.3 Å². The topological polar surface area (TPSA) is 12.0 Å². The summed E-state index contributed by atoms with van der Waals surface area (Å²) in [6.07, 6.45) is 5.44. The van der Waals surface area contributed by atoms with Crippen molar-refractivity contribution in [2.75, 3.05) is 12.3 Å². The van der Waals surface area contributed by atoms with E-state index in [1.807, 2.05) is 11.8 Å². The zero-order valence-electron chi connectivity index (χ0n) is 9.29. The number of benzene rings is 1. The van der Waals surface area contributed by atoms with Gasteiger partial charge in [-0.2, -0.15) is 0 Å². The predicted molar refractivity (Wildman–Crippen MR) is 68.2 cm³/mol. The Kier molecular flexibility index (Phi) is 5.31. The fourth-order valence-corrected chi connectivity index (χ4v) is 2.33. The molecule has 2 heteroatoms. The summed E-state index contributed by atoms with van der Waals surface area (Å²) >= 11 is 1.81. The Morgan fingerprint density at radius 3 is 2.80 bits per heavy atom. The predicted octanol–water partition coefficient (Wildman–Crippen LogP) is 2.70. The summed E-state index contributed by atoms with van der Waals surface area (Å²) in [6, 6.07) is 8.55. The molecule has 1 N–H and O–H groups in total. The third kappa shape index (κ3) is 3.99. The van der Waals surface area contributed by atoms with Crippen LogP contribution in [0.5, 0.6) is 0 Å². The van der Waals surface area contributed by atoms with Crippen molar-refractivity contribution in [1.82, 2.24) is 5.32 Å². The van der Waals surface area contributed by atoms with Crippen molar-refractivity contribution in [1.29, 1.82) is 0 Å². The minimum atomic E-state index is 0.166. The molecule has 0 bridgehead atoms. The van der Waals surface area contributed by atoms with Crippen molar-refractivity contribution in [3.05, 3.63) is 29.8 Å². The van der Waals surface area contributed by atoms with Crippen LogP contribution in [0.3, 0.4) is 0 Å². The molecule has 80 valence electrons. The van der Waals surface area contributed by atoms with Crippen molar-refractivity contribution in [3.63, 3.8) is 0 Å². The van der Waals surface area contributed by atoms with Crippen LogP contribution in [-0.2, 0) is 0 Å². The maximum absolute atomic E-state index is 5.44. The van der Waals surface area contributed by atoms with Crippen LogP contribution in [0.2, 0.25) is 0 Å². The van der Waals surface area contributed by atoms with Gasteiger partial charge in [0.15, 0.2) is 0 Å². The Bertz CT molecular complexity index is 341. The van der Waals surface area contributed by atoms with Gasteiger partial charge in [-0.05, 0) is 25.1 Å². The van der Waals surface area contributed by atoms with Gasteiger partial charge >= 0.3 is 0 Å². The molecular weight excluding hydrogens is 202 g/mol. The van der Waals surface area contributed by atoms with Crippen LogP contribution in [0.1, 0.15) is 12.5 Å². The lowest BCUT2D eigenvalue weighted by molar-refractivity contribution is 0.684. The summed E-state index contributed by atoms with van der Waals surface area (Å²) in [5.74, 6) is 3.69. The molecule has 0 radical (unpaired) electrons. The van der Waals surface area contributed by atoms with E-state index in [4.69, 9.17) is 6.42 Å². The van der Waals surface area contributed by atoms with Gasteiger partial charge in [0.25, 0.3) is 0 Å². The van der Waals surface area contributed by atoms with Gasteiger partial charge in [-0.3, -0.25) is 0 Å². The molecule has 1 unspecified atom stereocenters. The highest BCUT2D eigenvalue weighted by Gasteiger charge is 2.04. The Labute approximate surface area is 96.7 Å². The third-order valence-corrected chi connectivity index (χ3v) is 3.42. The first-order valence-electron chi connectivity index (χ1n) is 5.16. The number of terminal acetylenes is 1. The SMILES string of the molecule is C#CC(CSc1ccccc1C)NCC. The number of rotatable bonds is 5. The largest absolute Gasteiger partial charge is 0.303 e. The lowest BCUT2D eigenvalue weighted by atomic mass is 10.2. The quantitative estimate of drug-likeness (QED) is 0.603. The Morgan fingerprint density at radius 2 is 2.20 bits per heavy atom. The second kappa shape index (κ2) is 6.55. The van der Waals surface area contributed by atoms with Gasteiger partial charge in [0.1, 0.15) is 0 Å². The average molecular weight is 219 g/mol. The highest BCUT2D eigenvalue weighted by molar-refractivity contribution is 7.99. The standard InChI is InChI=1S/C13H17NS/c1-4-12(14-5-2)10-15-13-9-7-6-8-11(13)3/h1,6-9,12,14H,5,10H2,2-3H3. The number of nitrogens with one attached hydrogen (secondary N) is 1. The molecule has 0 fully saturated rings. The second-order valence-corrected chi connectivity index (χ2v) is 4.42. The molecule has 1 aromatic carbocycles. The van der Waals surface area contributed by atoms with Crippen LogP contribution in [0.15, 0.2) is 29.2 Å². The first-order valence-corrected chi connectivity index (χ1v) is 6.14. The maximum atomic E-state index is 5.44. The first kappa shape index (κ1) is 12.2. The number of thioether (sulfide) groups is 1. The molecule has 0 amide bonds. The summed E-state index contributed by atoms with van der Waals surface area (Å²) in [5.41, 5.74) is 1.31. The van der Waals surface area contributed by atoms with Gasteiger partial charge < -0.3 is 5.32 Å². The zero-order chi connectivity index (χ0) is 11.1. The minimum Gasteiger partial charge on any atom is -0.303 e. The van der Waals surface area contributed by atoms with Crippen LogP contribution in [0.4, 0.5) is 0 Å². The molecule has 1 rings (SSSR count). The van der Waals surface area contributed by atoms with E-state index in [-0.39, 0.29) is 6.04 Å². The van der Waals surface area contributed by atoms with Crippen LogP contribution in [0, 0.1) is 19.3 Å². The highest BCUT2D eigenvalue weighted by Crippen LogP contribution is 2.22. The van der Waals surface area contributed by atoms with Gasteiger partial charge in [-0.15, -0.1) is 18.2 Å². The maximum Gasteiger partial charge on any atom is 0.0782 e. The molecule has 0 spiro atoms. The van der Waals surface area contributed by atoms with Crippen LogP contribution >= 0.6 is 11.8 Å². The van der Waals surface area contributed by atoms with Gasteiger partial charge in [0.05, 0.1) is 6.04 Å². The zero-order valence-corrected chi connectivity index (χ0v) is 10.1. The Balaban J connectivity index is 2.50. The number of aryl methyl sites for hydroxylation is 1. The smallest absolute Gasteiger partial charge is 0.0782 e. The third-order valence-electron chi connectivity index (χ3n) is 2.15. The lowest BCUT2D eigenvalue weighted by Gasteiger charge is -2.11. The monoisotopic (exact) mass is 219 g/mol. The first-order chi connectivity index (χ1) is 7.27. The van der Waals surface area contributed by atoms with Crippen LogP contribution < -0.4 is 5.32 Å². The van der Waals surface area contributed by atoms with Crippen molar-refractivity contribution in [2.45, 2.75) is 24.8 Å². The van der Waals surface area contributed by atoms with E-state index in [0.717, 1.165) is 12.3 Å².